The van der Waals surface area contributed by atoms with E-state index < -0.39 is 10.0 Å². The van der Waals surface area contributed by atoms with Crippen LogP contribution in [0.15, 0.2) is 0 Å². The van der Waals surface area contributed by atoms with E-state index in [-0.39, 0.29) is 11.2 Å². The second kappa shape index (κ2) is 5.32. The molecule has 0 unspecified atom stereocenters. The molecule has 0 rings (SSSR count). The average molecular weight is 272 g/mol. The number of halogens is 1. The fourth-order valence-electron chi connectivity index (χ4n) is 0.916. The standard InChI is InChI=1S/C8H18BrNO2S/c1-8(2,3)7-13(11,12)10-6-4-5-9/h10H,4-7H2,1-3H3. The van der Waals surface area contributed by atoms with E-state index in [1.165, 1.54) is 0 Å². The van der Waals surface area contributed by atoms with Gasteiger partial charge in [-0.25, -0.2) is 13.1 Å². The minimum atomic E-state index is -3.08. The summed E-state index contributed by atoms with van der Waals surface area (Å²) in [6.07, 6.45) is 0.823. The van der Waals surface area contributed by atoms with Crippen molar-refractivity contribution in [3.05, 3.63) is 0 Å². The number of hydrogen-bond donors (Lipinski definition) is 1. The first kappa shape index (κ1) is 13.4. The minimum Gasteiger partial charge on any atom is -0.215 e. The van der Waals surface area contributed by atoms with Gasteiger partial charge in [0.1, 0.15) is 0 Å². The molecule has 0 amide bonds. The van der Waals surface area contributed by atoms with Crippen LogP contribution in [0.25, 0.3) is 0 Å². The van der Waals surface area contributed by atoms with E-state index in [9.17, 15) is 8.42 Å². The molecule has 0 saturated carbocycles. The van der Waals surface area contributed by atoms with E-state index >= 15 is 0 Å². The monoisotopic (exact) mass is 271 g/mol. The van der Waals surface area contributed by atoms with Gasteiger partial charge in [-0.1, -0.05) is 36.7 Å². The number of sulfonamides is 1. The van der Waals surface area contributed by atoms with Gasteiger partial charge in [0, 0.05) is 11.9 Å². The van der Waals surface area contributed by atoms with Crippen molar-refractivity contribution < 1.29 is 8.42 Å². The smallest absolute Gasteiger partial charge is 0.212 e. The Morgan fingerprint density at radius 3 is 2.23 bits per heavy atom. The third-order valence-corrected chi connectivity index (χ3v) is 3.71. The first-order valence-electron chi connectivity index (χ1n) is 4.30. The minimum absolute atomic E-state index is 0.180. The fraction of sp³-hybridized carbons (Fsp3) is 1.00. The maximum atomic E-state index is 11.4. The molecule has 1 N–H and O–H groups in total. The van der Waals surface area contributed by atoms with Crippen LogP contribution in [0.2, 0.25) is 0 Å². The van der Waals surface area contributed by atoms with Gasteiger partial charge in [0.05, 0.1) is 5.75 Å². The summed E-state index contributed by atoms with van der Waals surface area (Å²) in [4.78, 5) is 0. The van der Waals surface area contributed by atoms with E-state index in [2.05, 4.69) is 20.7 Å². The predicted octanol–water partition coefficient (Wildman–Crippen LogP) is 1.74. The highest BCUT2D eigenvalue weighted by Crippen LogP contribution is 2.15. The van der Waals surface area contributed by atoms with Crippen LogP contribution >= 0.6 is 15.9 Å². The molecule has 13 heavy (non-hydrogen) atoms. The normalized spacial score (nSPS) is 13.2. The van der Waals surface area contributed by atoms with E-state index in [1.54, 1.807) is 0 Å². The van der Waals surface area contributed by atoms with Crippen LogP contribution in [-0.4, -0.2) is 26.0 Å². The second-order valence-electron chi connectivity index (χ2n) is 4.26. The van der Waals surface area contributed by atoms with Crippen molar-refractivity contribution in [1.82, 2.24) is 4.72 Å². The molecule has 0 aliphatic carbocycles. The maximum Gasteiger partial charge on any atom is 0.212 e. The first-order chi connectivity index (χ1) is 5.77. The summed E-state index contributed by atoms with van der Waals surface area (Å²) in [6, 6.07) is 0. The number of hydrogen-bond acceptors (Lipinski definition) is 2. The van der Waals surface area contributed by atoms with Crippen molar-refractivity contribution in [2.75, 3.05) is 17.6 Å². The van der Waals surface area contributed by atoms with Crippen LogP contribution in [0.5, 0.6) is 0 Å². The fourth-order valence-corrected chi connectivity index (χ4v) is 2.89. The Hall–Kier alpha value is 0.390. The van der Waals surface area contributed by atoms with E-state index in [4.69, 9.17) is 0 Å². The molecular formula is C8H18BrNO2S. The molecule has 0 saturated heterocycles. The Morgan fingerprint density at radius 2 is 1.85 bits per heavy atom. The molecule has 0 fully saturated rings. The summed E-state index contributed by atoms with van der Waals surface area (Å²) in [5.41, 5.74) is -0.180. The molecule has 0 bridgehead atoms. The molecule has 5 heteroatoms. The van der Waals surface area contributed by atoms with Crippen molar-refractivity contribution in [3.8, 4) is 0 Å². The molecular weight excluding hydrogens is 254 g/mol. The zero-order valence-electron chi connectivity index (χ0n) is 8.43. The summed E-state index contributed by atoms with van der Waals surface area (Å²) in [7, 11) is -3.08. The lowest BCUT2D eigenvalue weighted by Gasteiger charge is -2.18. The van der Waals surface area contributed by atoms with Gasteiger partial charge in [-0.3, -0.25) is 0 Å². The maximum absolute atomic E-state index is 11.4. The Bertz CT molecular complexity index is 231. The Labute approximate surface area is 89.5 Å². The Kier molecular flexibility index (Phi) is 5.47. The van der Waals surface area contributed by atoms with Gasteiger partial charge >= 0.3 is 0 Å². The third kappa shape index (κ3) is 8.71. The van der Waals surface area contributed by atoms with Gasteiger partial charge < -0.3 is 0 Å². The highest BCUT2D eigenvalue weighted by molar-refractivity contribution is 9.09. The predicted molar refractivity (Wildman–Crippen MR) is 59.7 cm³/mol. The average Bonchev–Trinajstić information content (AvgIpc) is 1.81. The van der Waals surface area contributed by atoms with Crippen LogP contribution in [0.1, 0.15) is 27.2 Å². The molecule has 0 spiro atoms. The van der Waals surface area contributed by atoms with Crippen LogP contribution < -0.4 is 4.72 Å². The lowest BCUT2D eigenvalue weighted by atomic mass is 10.0. The van der Waals surface area contributed by atoms with Crippen molar-refractivity contribution in [2.45, 2.75) is 27.2 Å². The summed E-state index contributed by atoms with van der Waals surface area (Å²) >= 11 is 3.24. The summed E-state index contributed by atoms with van der Waals surface area (Å²) < 4.78 is 25.3. The number of alkyl halides is 1. The van der Waals surface area contributed by atoms with Crippen molar-refractivity contribution in [1.29, 1.82) is 0 Å². The number of nitrogens with one attached hydrogen (secondary N) is 1. The highest BCUT2D eigenvalue weighted by atomic mass is 79.9. The van der Waals surface area contributed by atoms with E-state index in [0.29, 0.717) is 6.54 Å². The van der Waals surface area contributed by atoms with Crippen LogP contribution in [0.3, 0.4) is 0 Å². The van der Waals surface area contributed by atoms with Gasteiger partial charge in [-0.2, -0.15) is 0 Å². The number of rotatable bonds is 5. The summed E-state index contributed by atoms with van der Waals surface area (Å²) in [6.45, 7) is 6.26. The zero-order valence-corrected chi connectivity index (χ0v) is 10.8. The van der Waals surface area contributed by atoms with Gasteiger partial charge in [-0.05, 0) is 11.8 Å². The zero-order chi connectivity index (χ0) is 10.5. The van der Waals surface area contributed by atoms with Gasteiger partial charge in [0.25, 0.3) is 0 Å². The quantitative estimate of drug-likeness (QED) is 0.612. The van der Waals surface area contributed by atoms with Gasteiger partial charge in [0.15, 0.2) is 0 Å². The van der Waals surface area contributed by atoms with Crippen LogP contribution in [-0.2, 0) is 10.0 Å². The van der Waals surface area contributed by atoms with Crippen molar-refractivity contribution in [2.24, 2.45) is 5.41 Å². The molecule has 0 aromatic rings. The molecule has 0 heterocycles. The summed E-state index contributed by atoms with van der Waals surface area (Å²) in [5.74, 6) is 0.183. The van der Waals surface area contributed by atoms with Gasteiger partial charge in [0.2, 0.25) is 10.0 Å². The SMILES string of the molecule is CC(C)(C)CS(=O)(=O)NCCCBr. The molecule has 0 aliphatic rings. The lowest BCUT2D eigenvalue weighted by Crippen LogP contribution is -2.33. The Morgan fingerprint density at radius 1 is 1.31 bits per heavy atom. The van der Waals surface area contributed by atoms with Crippen LogP contribution in [0.4, 0.5) is 0 Å². The highest BCUT2D eigenvalue weighted by Gasteiger charge is 2.20. The van der Waals surface area contributed by atoms with Crippen molar-refractivity contribution >= 4 is 26.0 Å². The molecule has 0 aromatic carbocycles. The Balaban J connectivity index is 3.96. The van der Waals surface area contributed by atoms with Crippen LogP contribution in [0, 0.1) is 5.41 Å². The van der Waals surface area contributed by atoms with Crippen molar-refractivity contribution in [3.63, 3.8) is 0 Å². The summed E-state index contributed by atoms with van der Waals surface area (Å²) in [5, 5.41) is 0.824. The van der Waals surface area contributed by atoms with E-state index in [1.807, 2.05) is 20.8 Å². The molecule has 0 aliphatic heterocycles. The van der Waals surface area contributed by atoms with Gasteiger partial charge in [-0.15, -0.1) is 0 Å². The third-order valence-electron chi connectivity index (χ3n) is 1.26. The molecule has 80 valence electrons. The molecule has 3 nitrogen and oxygen atoms in total. The first-order valence-corrected chi connectivity index (χ1v) is 7.07. The largest absolute Gasteiger partial charge is 0.215 e. The lowest BCUT2D eigenvalue weighted by molar-refractivity contribution is 0.458. The topological polar surface area (TPSA) is 46.2 Å². The molecule has 0 aromatic heterocycles. The second-order valence-corrected chi connectivity index (χ2v) is 6.86. The van der Waals surface area contributed by atoms with E-state index in [0.717, 1.165) is 11.8 Å². The molecule has 0 radical (unpaired) electrons. The molecule has 0 atom stereocenters.